The Kier molecular flexibility index (Phi) is 4.78. The molecule has 138 valence electrons. The van der Waals surface area contributed by atoms with Crippen LogP contribution in [0.2, 0.25) is 0 Å². The molecule has 0 N–H and O–H groups in total. The van der Waals surface area contributed by atoms with E-state index in [9.17, 15) is 4.79 Å². The summed E-state index contributed by atoms with van der Waals surface area (Å²) in [4.78, 5) is 15.0. The lowest BCUT2D eigenvalue weighted by molar-refractivity contribution is 0.0721. The van der Waals surface area contributed by atoms with Crippen molar-refractivity contribution < 1.29 is 14.3 Å². The monoisotopic (exact) mass is 363 g/mol. The van der Waals surface area contributed by atoms with Gasteiger partial charge in [-0.1, -0.05) is 18.2 Å². The van der Waals surface area contributed by atoms with Crippen molar-refractivity contribution in [1.29, 1.82) is 0 Å². The summed E-state index contributed by atoms with van der Waals surface area (Å²) in [5.41, 5.74) is 2.46. The van der Waals surface area contributed by atoms with Crippen LogP contribution in [0.3, 0.4) is 0 Å². The molecule has 0 aliphatic carbocycles. The maximum Gasteiger partial charge on any atom is 0.254 e. The van der Waals surface area contributed by atoms with E-state index in [4.69, 9.17) is 9.47 Å². The Morgan fingerprint density at radius 3 is 2.89 bits per heavy atom. The number of hydrogen-bond acceptors (Lipinski definition) is 4. The molecule has 6 nitrogen and oxygen atoms in total. The molecule has 2 aromatic carbocycles. The fourth-order valence-corrected chi connectivity index (χ4v) is 3.28. The molecule has 0 radical (unpaired) electrons. The normalized spacial score (nSPS) is 13.9. The van der Waals surface area contributed by atoms with Gasteiger partial charge in [0.1, 0.15) is 0 Å². The molecule has 4 rings (SSSR count). The quantitative estimate of drug-likeness (QED) is 0.716. The highest BCUT2D eigenvalue weighted by molar-refractivity contribution is 5.94. The molecule has 1 aliphatic rings. The number of nitrogens with zero attached hydrogens (tertiary/aromatic N) is 3. The second-order valence-corrected chi connectivity index (χ2v) is 6.38. The van der Waals surface area contributed by atoms with Crippen LogP contribution in [0.5, 0.6) is 11.5 Å². The van der Waals surface area contributed by atoms with Gasteiger partial charge in [0.25, 0.3) is 5.91 Å². The number of fused-ring (bicyclic) bond motifs is 1. The van der Waals surface area contributed by atoms with Crippen LogP contribution in [0.1, 0.15) is 22.3 Å². The van der Waals surface area contributed by atoms with Crippen molar-refractivity contribution in [2.75, 3.05) is 20.3 Å². The molecule has 0 saturated carbocycles. The molecule has 0 unspecified atom stereocenters. The molecule has 1 aromatic heterocycles. The third kappa shape index (κ3) is 3.51. The zero-order valence-electron chi connectivity index (χ0n) is 15.2. The van der Waals surface area contributed by atoms with Crippen molar-refractivity contribution in [2.45, 2.75) is 13.0 Å². The van der Waals surface area contributed by atoms with Crippen molar-refractivity contribution in [2.24, 2.45) is 0 Å². The van der Waals surface area contributed by atoms with Crippen LogP contribution in [0.4, 0.5) is 0 Å². The molecule has 0 spiro atoms. The topological polar surface area (TPSA) is 56.6 Å². The predicted molar refractivity (Wildman–Crippen MR) is 101 cm³/mol. The number of carbonyl (C=O) groups excluding carboxylic acids is 1. The minimum absolute atomic E-state index is 0.000300. The maximum absolute atomic E-state index is 13.2. The highest BCUT2D eigenvalue weighted by Gasteiger charge is 2.22. The second kappa shape index (κ2) is 7.53. The van der Waals surface area contributed by atoms with E-state index in [0.29, 0.717) is 31.0 Å². The summed E-state index contributed by atoms with van der Waals surface area (Å²) >= 11 is 0. The van der Waals surface area contributed by atoms with Gasteiger partial charge in [-0.2, -0.15) is 5.10 Å². The van der Waals surface area contributed by atoms with Gasteiger partial charge >= 0.3 is 0 Å². The minimum Gasteiger partial charge on any atom is -0.493 e. The van der Waals surface area contributed by atoms with Gasteiger partial charge in [-0.05, 0) is 36.8 Å². The van der Waals surface area contributed by atoms with Gasteiger partial charge < -0.3 is 14.4 Å². The maximum atomic E-state index is 13.2. The predicted octanol–water partition coefficient (Wildman–Crippen LogP) is 3.31. The lowest BCUT2D eigenvalue weighted by Crippen LogP contribution is -2.33. The Bertz CT molecular complexity index is 938. The van der Waals surface area contributed by atoms with Crippen LogP contribution in [0, 0.1) is 0 Å². The molecular formula is C21H21N3O3. The molecule has 0 atom stereocenters. The Balaban J connectivity index is 1.63. The highest BCUT2D eigenvalue weighted by Crippen LogP contribution is 2.33. The summed E-state index contributed by atoms with van der Waals surface area (Å²) in [7, 11) is 1.63. The van der Waals surface area contributed by atoms with Gasteiger partial charge in [0.05, 0.1) is 19.4 Å². The van der Waals surface area contributed by atoms with Crippen molar-refractivity contribution in [3.8, 4) is 17.2 Å². The summed E-state index contributed by atoms with van der Waals surface area (Å²) < 4.78 is 13.0. The van der Waals surface area contributed by atoms with Crippen molar-refractivity contribution in [1.82, 2.24) is 14.7 Å². The van der Waals surface area contributed by atoms with Crippen LogP contribution in [0.15, 0.2) is 60.9 Å². The number of hydrogen-bond donors (Lipinski definition) is 0. The SMILES string of the molecule is COc1cccc2c1OCCCN(C(=O)c1cccc(-n3cccn3)c1)C2. The molecule has 0 fully saturated rings. The first kappa shape index (κ1) is 17.1. The Labute approximate surface area is 157 Å². The summed E-state index contributed by atoms with van der Waals surface area (Å²) in [6, 6.07) is 15.2. The highest BCUT2D eigenvalue weighted by atomic mass is 16.5. The van der Waals surface area contributed by atoms with E-state index in [1.54, 1.807) is 18.0 Å². The smallest absolute Gasteiger partial charge is 0.254 e. The van der Waals surface area contributed by atoms with E-state index in [1.165, 1.54) is 0 Å². The average molecular weight is 363 g/mol. The lowest BCUT2D eigenvalue weighted by atomic mass is 10.1. The van der Waals surface area contributed by atoms with E-state index >= 15 is 0 Å². The fourth-order valence-electron chi connectivity index (χ4n) is 3.28. The Hall–Kier alpha value is -3.28. The number of aromatic nitrogens is 2. The Morgan fingerprint density at radius 2 is 2.07 bits per heavy atom. The summed E-state index contributed by atoms with van der Waals surface area (Å²) in [5, 5.41) is 4.24. The van der Waals surface area contributed by atoms with Crippen LogP contribution in [0.25, 0.3) is 5.69 Å². The first-order chi connectivity index (χ1) is 13.3. The fraction of sp³-hybridized carbons (Fsp3) is 0.238. The minimum atomic E-state index is -0.000300. The molecule has 27 heavy (non-hydrogen) atoms. The first-order valence-electron chi connectivity index (χ1n) is 8.94. The van der Waals surface area contributed by atoms with Crippen LogP contribution in [-0.2, 0) is 6.54 Å². The average Bonchev–Trinajstić information content (AvgIpc) is 3.22. The van der Waals surface area contributed by atoms with Gasteiger partial charge in [0.15, 0.2) is 11.5 Å². The zero-order valence-corrected chi connectivity index (χ0v) is 15.2. The number of amides is 1. The standard InChI is InChI=1S/C21H21N3O3/c1-26-19-9-3-7-17-15-23(11-5-13-27-20(17)19)21(25)16-6-2-8-18(14-16)24-12-4-10-22-24/h2-4,6-10,12,14H,5,11,13,15H2,1H3. The molecule has 3 aromatic rings. The summed E-state index contributed by atoms with van der Waals surface area (Å²) in [6.45, 7) is 1.67. The molecule has 1 aliphatic heterocycles. The van der Waals surface area contributed by atoms with E-state index in [1.807, 2.05) is 59.6 Å². The summed E-state index contributed by atoms with van der Waals surface area (Å²) in [6.07, 6.45) is 4.35. The molecule has 1 amide bonds. The van der Waals surface area contributed by atoms with Gasteiger partial charge in [-0.25, -0.2) is 4.68 Å². The van der Waals surface area contributed by atoms with E-state index < -0.39 is 0 Å². The van der Waals surface area contributed by atoms with Gasteiger partial charge in [-0.3, -0.25) is 4.79 Å². The van der Waals surface area contributed by atoms with Gasteiger partial charge in [0, 0.05) is 36.6 Å². The van der Waals surface area contributed by atoms with E-state index in [-0.39, 0.29) is 5.91 Å². The summed E-state index contributed by atoms with van der Waals surface area (Å²) in [5.74, 6) is 1.42. The number of benzene rings is 2. The van der Waals surface area contributed by atoms with Crippen LogP contribution < -0.4 is 9.47 Å². The number of methoxy groups -OCH3 is 1. The van der Waals surface area contributed by atoms with Crippen LogP contribution in [-0.4, -0.2) is 40.8 Å². The zero-order chi connectivity index (χ0) is 18.6. The van der Waals surface area contributed by atoms with Gasteiger partial charge in [-0.15, -0.1) is 0 Å². The lowest BCUT2D eigenvalue weighted by Gasteiger charge is -2.27. The largest absolute Gasteiger partial charge is 0.493 e. The Morgan fingerprint density at radius 1 is 1.19 bits per heavy atom. The number of para-hydroxylation sites is 1. The second-order valence-electron chi connectivity index (χ2n) is 6.38. The molecule has 0 bridgehead atoms. The molecule has 6 heteroatoms. The van der Waals surface area contributed by atoms with Crippen molar-refractivity contribution in [3.05, 3.63) is 72.1 Å². The van der Waals surface area contributed by atoms with Crippen molar-refractivity contribution >= 4 is 5.91 Å². The number of carbonyl (C=O) groups is 1. The van der Waals surface area contributed by atoms with Gasteiger partial charge in [0.2, 0.25) is 0 Å². The number of ether oxygens (including phenoxy) is 2. The van der Waals surface area contributed by atoms with E-state index in [2.05, 4.69) is 5.10 Å². The van der Waals surface area contributed by atoms with E-state index in [0.717, 1.165) is 23.4 Å². The first-order valence-corrected chi connectivity index (χ1v) is 8.94. The molecule has 0 saturated heterocycles. The molecule has 2 heterocycles. The third-order valence-corrected chi connectivity index (χ3v) is 4.61. The number of rotatable bonds is 3. The third-order valence-electron chi connectivity index (χ3n) is 4.61. The molecular weight excluding hydrogens is 342 g/mol. The van der Waals surface area contributed by atoms with Crippen LogP contribution >= 0.6 is 0 Å². The van der Waals surface area contributed by atoms with Crippen molar-refractivity contribution in [3.63, 3.8) is 0 Å².